The smallest absolute Gasteiger partial charge is 0.430 e. The second kappa shape index (κ2) is 5.33. The number of hydrogen-bond donors (Lipinski definition) is 0. The van der Waals surface area contributed by atoms with E-state index in [1.165, 1.54) is 0 Å². The third-order valence-corrected chi connectivity index (χ3v) is 6.02. The van der Waals surface area contributed by atoms with E-state index in [2.05, 4.69) is 32.7 Å². The summed E-state index contributed by atoms with van der Waals surface area (Å²) in [6, 6.07) is 0. The molecule has 0 radical (unpaired) electrons. The predicted octanol–water partition coefficient (Wildman–Crippen LogP) is 2.23. The van der Waals surface area contributed by atoms with Crippen molar-refractivity contribution in [2.45, 2.75) is 44.4 Å². The molecular weight excluding hydrogens is 240 g/mol. The maximum Gasteiger partial charge on any atom is 0.508 e. The van der Waals surface area contributed by atoms with Crippen molar-refractivity contribution >= 4 is 23.3 Å². The Morgan fingerprint density at radius 3 is 2.50 bits per heavy atom. The minimum atomic E-state index is -1.49. The van der Waals surface area contributed by atoms with Gasteiger partial charge in [0.25, 0.3) is 0 Å². The zero-order valence-corrected chi connectivity index (χ0v) is 12.9. The van der Waals surface area contributed by atoms with Crippen LogP contribution in [0.5, 0.6) is 0 Å². The first-order valence-electron chi connectivity index (χ1n) is 5.77. The van der Waals surface area contributed by atoms with E-state index in [0.717, 1.165) is 0 Å². The zero-order valence-electron chi connectivity index (χ0n) is 10.8. The Morgan fingerprint density at radius 2 is 2.12 bits per heavy atom. The van der Waals surface area contributed by atoms with Gasteiger partial charge in [-0.25, -0.2) is 4.79 Å². The van der Waals surface area contributed by atoms with Gasteiger partial charge in [0.05, 0.1) is 0 Å². The summed E-state index contributed by atoms with van der Waals surface area (Å²) in [5.41, 5.74) is 0.359. The van der Waals surface area contributed by atoms with Gasteiger partial charge in [-0.1, -0.05) is 13.1 Å². The molecule has 1 heterocycles. The second-order valence-corrected chi connectivity index (χ2v) is 13.4. The van der Waals surface area contributed by atoms with Crippen LogP contribution in [0.2, 0.25) is 38.3 Å². The minimum absolute atomic E-state index is 0.0875. The maximum absolute atomic E-state index is 10.9. The number of hydrogen-bond acceptors (Lipinski definition) is 4. The highest BCUT2D eigenvalue weighted by atomic mass is 28.4. The van der Waals surface area contributed by atoms with Gasteiger partial charge >= 0.3 is 6.16 Å². The molecule has 2 unspecified atom stereocenters. The van der Waals surface area contributed by atoms with Crippen molar-refractivity contribution in [3.63, 3.8) is 0 Å². The predicted molar refractivity (Wildman–Crippen MR) is 68.1 cm³/mol. The molecule has 0 saturated carbocycles. The van der Waals surface area contributed by atoms with E-state index < -0.39 is 23.3 Å². The van der Waals surface area contributed by atoms with Crippen molar-refractivity contribution in [3.8, 4) is 0 Å². The molecular formula is C10H22O4Si2. The fraction of sp³-hybridized carbons (Fsp3) is 0.900. The van der Waals surface area contributed by atoms with Gasteiger partial charge in [0.2, 0.25) is 0 Å². The lowest BCUT2D eigenvalue weighted by molar-refractivity contribution is 0.110. The third-order valence-electron chi connectivity index (χ3n) is 2.66. The van der Waals surface area contributed by atoms with Gasteiger partial charge in [-0.2, -0.15) is 0 Å². The molecule has 2 atom stereocenters. The monoisotopic (exact) mass is 262 g/mol. The number of carbonyl (C=O) groups is 1. The van der Waals surface area contributed by atoms with E-state index >= 15 is 0 Å². The van der Waals surface area contributed by atoms with Gasteiger partial charge in [-0.05, 0) is 19.6 Å². The van der Waals surface area contributed by atoms with Gasteiger partial charge < -0.3 is 13.9 Å². The SMILES string of the molecule is C[SiH](C)C(CO[Si](C)(C)C)C1COC(=O)O1. The fourth-order valence-corrected chi connectivity index (χ4v) is 4.04. The lowest BCUT2D eigenvalue weighted by Gasteiger charge is -2.27. The molecule has 0 aromatic heterocycles. The van der Waals surface area contributed by atoms with Gasteiger partial charge in [-0.3, -0.25) is 0 Å². The second-order valence-electron chi connectivity index (χ2n) is 5.55. The molecule has 94 valence electrons. The Bertz CT molecular complexity index is 250. The first-order chi connectivity index (χ1) is 7.29. The van der Waals surface area contributed by atoms with Crippen LogP contribution in [0, 0.1) is 0 Å². The fourth-order valence-electron chi connectivity index (χ4n) is 1.63. The Balaban J connectivity index is 2.51. The average Bonchev–Trinajstić information content (AvgIpc) is 2.49. The molecule has 0 bridgehead atoms. The molecule has 4 nitrogen and oxygen atoms in total. The number of ether oxygens (including phenoxy) is 2. The molecule has 0 amide bonds. The summed E-state index contributed by atoms with van der Waals surface area (Å²) in [5, 5.41) is 0. The summed E-state index contributed by atoms with van der Waals surface area (Å²) in [6.45, 7) is 12.1. The van der Waals surface area contributed by atoms with Crippen LogP contribution in [-0.4, -0.2) is 42.6 Å². The van der Waals surface area contributed by atoms with Gasteiger partial charge in [-0.15, -0.1) is 0 Å². The highest BCUT2D eigenvalue weighted by molar-refractivity contribution is 6.69. The van der Waals surface area contributed by atoms with E-state index in [4.69, 9.17) is 13.9 Å². The first kappa shape index (κ1) is 13.7. The maximum atomic E-state index is 10.9. The van der Waals surface area contributed by atoms with Crippen LogP contribution in [0.3, 0.4) is 0 Å². The highest BCUT2D eigenvalue weighted by Crippen LogP contribution is 2.25. The molecule has 0 N–H and O–H groups in total. The Labute approximate surface area is 100 Å². The molecule has 1 saturated heterocycles. The van der Waals surface area contributed by atoms with E-state index in [1.807, 2.05) is 0 Å². The molecule has 1 aliphatic rings. The molecule has 0 aromatic rings. The van der Waals surface area contributed by atoms with Crippen LogP contribution in [0.25, 0.3) is 0 Å². The zero-order chi connectivity index (χ0) is 12.3. The van der Waals surface area contributed by atoms with Crippen molar-refractivity contribution in [2.75, 3.05) is 13.2 Å². The number of carbonyl (C=O) groups excluding carboxylic acids is 1. The first-order valence-corrected chi connectivity index (χ1v) is 12.2. The van der Waals surface area contributed by atoms with Crippen LogP contribution in [0.4, 0.5) is 4.79 Å². The van der Waals surface area contributed by atoms with E-state index in [9.17, 15) is 4.79 Å². The Kier molecular flexibility index (Phi) is 4.57. The lowest BCUT2D eigenvalue weighted by atomic mass is 10.3. The Morgan fingerprint density at radius 1 is 1.50 bits per heavy atom. The van der Waals surface area contributed by atoms with Crippen molar-refractivity contribution in [1.29, 1.82) is 0 Å². The van der Waals surface area contributed by atoms with Crippen molar-refractivity contribution in [3.05, 3.63) is 0 Å². The average molecular weight is 262 g/mol. The van der Waals surface area contributed by atoms with Crippen LogP contribution in [0.1, 0.15) is 0 Å². The Hall–Kier alpha value is -0.336. The highest BCUT2D eigenvalue weighted by Gasteiger charge is 2.35. The van der Waals surface area contributed by atoms with Crippen LogP contribution in [-0.2, 0) is 13.9 Å². The van der Waals surface area contributed by atoms with Crippen LogP contribution >= 0.6 is 0 Å². The molecule has 1 aliphatic heterocycles. The van der Waals surface area contributed by atoms with Crippen LogP contribution in [0.15, 0.2) is 0 Å². The van der Waals surface area contributed by atoms with Gasteiger partial charge in [0.1, 0.15) is 12.7 Å². The summed E-state index contributed by atoms with van der Waals surface area (Å²) in [4.78, 5) is 10.9. The standard InChI is InChI=1S/C10H22O4Si2/c1-15(2)9(7-13-16(3,4)5)8-6-12-10(11)14-8/h8-9,15H,6-7H2,1-5H3. The largest absolute Gasteiger partial charge is 0.508 e. The number of cyclic esters (lactones) is 2. The van der Waals surface area contributed by atoms with E-state index in [-0.39, 0.29) is 6.10 Å². The molecule has 6 heteroatoms. The van der Waals surface area contributed by atoms with E-state index in [0.29, 0.717) is 18.8 Å². The molecule has 0 aliphatic carbocycles. The van der Waals surface area contributed by atoms with Gasteiger partial charge in [0.15, 0.2) is 8.32 Å². The quantitative estimate of drug-likeness (QED) is 0.563. The van der Waals surface area contributed by atoms with E-state index in [1.54, 1.807) is 0 Å². The van der Waals surface area contributed by atoms with Gasteiger partial charge in [0, 0.05) is 20.9 Å². The summed E-state index contributed by atoms with van der Waals surface area (Å²) >= 11 is 0. The normalized spacial score (nSPS) is 23.1. The molecule has 0 aromatic carbocycles. The summed E-state index contributed by atoms with van der Waals surface area (Å²) in [6.07, 6.45) is -0.617. The number of rotatable bonds is 5. The van der Waals surface area contributed by atoms with Crippen molar-refractivity contribution in [1.82, 2.24) is 0 Å². The lowest BCUT2D eigenvalue weighted by Crippen LogP contribution is -2.36. The summed E-state index contributed by atoms with van der Waals surface area (Å²) in [7, 11) is -2.41. The van der Waals surface area contributed by atoms with Crippen LogP contribution < -0.4 is 0 Å². The molecule has 1 rings (SSSR count). The molecule has 0 spiro atoms. The topological polar surface area (TPSA) is 44.8 Å². The molecule has 16 heavy (non-hydrogen) atoms. The summed E-state index contributed by atoms with van der Waals surface area (Å²) < 4.78 is 15.9. The van der Waals surface area contributed by atoms with Crippen molar-refractivity contribution < 1.29 is 18.7 Å². The van der Waals surface area contributed by atoms with Crippen molar-refractivity contribution in [2.24, 2.45) is 0 Å². The summed E-state index contributed by atoms with van der Waals surface area (Å²) in [5.74, 6) is 0. The molecule has 1 fully saturated rings. The minimum Gasteiger partial charge on any atom is -0.430 e. The third kappa shape index (κ3) is 4.27.